The third-order valence-corrected chi connectivity index (χ3v) is 3.50. The number of amides is 1. The number of nitrogens with two attached hydrogens (primary N) is 1. The van der Waals surface area contributed by atoms with E-state index in [1.54, 1.807) is 0 Å². The van der Waals surface area contributed by atoms with E-state index in [1.165, 1.54) is 5.56 Å². The summed E-state index contributed by atoms with van der Waals surface area (Å²) in [6, 6.07) is 20.0. The van der Waals surface area contributed by atoms with Crippen molar-refractivity contribution in [2.75, 3.05) is 6.54 Å². The van der Waals surface area contributed by atoms with Crippen molar-refractivity contribution < 1.29 is 4.79 Å². The van der Waals surface area contributed by atoms with Gasteiger partial charge in [0.1, 0.15) is 0 Å². The van der Waals surface area contributed by atoms with Gasteiger partial charge in [0.2, 0.25) is 5.91 Å². The SMILES string of the molecule is NC(=O)C(Cc1ccccc1)NCCCc1ccccc1. The van der Waals surface area contributed by atoms with Crippen molar-refractivity contribution in [2.45, 2.75) is 25.3 Å². The molecule has 1 amide bonds. The second kappa shape index (κ2) is 8.22. The molecule has 0 fully saturated rings. The highest BCUT2D eigenvalue weighted by atomic mass is 16.1. The number of nitrogens with one attached hydrogen (secondary N) is 1. The fourth-order valence-electron chi connectivity index (χ4n) is 2.34. The van der Waals surface area contributed by atoms with Crippen LogP contribution in [0.4, 0.5) is 0 Å². The van der Waals surface area contributed by atoms with Gasteiger partial charge >= 0.3 is 0 Å². The first-order chi connectivity index (χ1) is 10.3. The lowest BCUT2D eigenvalue weighted by atomic mass is 10.0. The van der Waals surface area contributed by atoms with Gasteiger partial charge in [0.25, 0.3) is 0 Å². The summed E-state index contributed by atoms with van der Waals surface area (Å²) < 4.78 is 0. The summed E-state index contributed by atoms with van der Waals surface area (Å²) >= 11 is 0. The monoisotopic (exact) mass is 282 g/mol. The van der Waals surface area contributed by atoms with Crippen LogP contribution in [0.25, 0.3) is 0 Å². The Morgan fingerprint density at radius 2 is 1.52 bits per heavy atom. The predicted molar refractivity (Wildman–Crippen MR) is 85.9 cm³/mol. The number of rotatable bonds is 8. The highest BCUT2D eigenvalue weighted by molar-refractivity contribution is 5.80. The van der Waals surface area contributed by atoms with Crippen LogP contribution in [0.3, 0.4) is 0 Å². The fourth-order valence-corrected chi connectivity index (χ4v) is 2.34. The molecule has 0 aliphatic heterocycles. The first kappa shape index (κ1) is 15.3. The molecule has 2 rings (SSSR count). The van der Waals surface area contributed by atoms with Gasteiger partial charge in [-0.1, -0.05) is 60.7 Å². The minimum Gasteiger partial charge on any atom is -0.368 e. The van der Waals surface area contributed by atoms with Gasteiger partial charge in [-0.05, 0) is 36.9 Å². The molecule has 0 aliphatic rings. The van der Waals surface area contributed by atoms with Crippen LogP contribution < -0.4 is 11.1 Å². The van der Waals surface area contributed by atoms with E-state index in [0.29, 0.717) is 6.42 Å². The van der Waals surface area contributed by atoms with E-state index < -0.39 is 0 Å². The summed E-state index contributed by atoms with van der Waals surface area (Å²) in [4.78, 5) is 11.5. The van der Waals surface area contributed by atoms with Crippen LogP contribution in [0, 0.1) is 0 Å². The minimum atomic E-state index is -0.303. The molecule has 0 aromatic heterocycles. The van der Waals surface area contributed by atoms with E-state index in [-0.39, 0.29) is 11.9 Å². The number of carbonyl (C=O) groups is 1. The number of carbonyl (C=O) groups excluding carboxylic acids is 1. The number of aryl methyl sites for hydroxylation is 1. The highest BCUT2D eigenvalue weighted by Gasteiger charge is 2.14. The van der Waals surface area contributed by atoms with Gasteiger partial charge < -0.3 is 11.1 Å². The maximum atomic E-state index is 11.5. The van der Waals surface area contributed by atoms with Crippen molar-refractivity contribution in [1.29, 1.82) is 0 Å². The Kier molecular flexibility index (Phi) is 5.98. The van der Waals surface area contributed by atoms with Gasteiger partial charge in [-0.15, -0.1) is 0 Å². The minimum absolute atomic E-state index is 0.293. The molecule has 0 bridgehead atoms. The molecule has 2 aromatic carbocycles. The number of hydrogen-bond donors (Lipinski definition) is 2. The summed E-state index contributed by atoms with van der Waals surface area (Å²) in [5.41, 5.74) is 7.92. The van der Waals surface area contributed by atoms with Crippen LogP contribution in [-0.4, -0.2) is 18.5 Å². The van der Waals surface area contributed by atoms with E-state index in [0.717, 1.165) is 24.9 Å². The fraction of sp³-hybridized carbons (Fsp3) is 0.278. The Labute approximate surface area is 126 Å². The largest absolute Gasteiger partial charge is 0.368 e. The summed E-state index contributed by atoms with van der Waals surface area (Å²) in [6.45, 7) is 0.787. The van der Waals surface area contributed by atoms with E-state index >= 15 is 0 Å². The van der Waals surface area contributed by atoms with Gasteiger partial charge in [-0.2, -0.15) is 0 Å². The van der Waals surface area contributed by atoms with Crippen molar-refractivity contribution in [1.82, 2.24) is 5.32 Å². The van der Waals surface area contributed by atoms with Crippen molar-refractivity contribution in [3.05, 3.63) is 71.8 Å². The first-order valence-electron chi connectivity index (χ1n) is 7.36. The zero-order chi connectivity index (χ0) is 14.9. The Balaban J connectivity index is 1.77. The average molecular weight is 282 g/mol. The summed E-state index contributed by atoms with van der Waals surface area (Å²) in [7, 11) is 0. The van der Waals surface area contributed by atoms with Crippen LogP contribution in [0.2, 0.25) is 0 Å². The lowest BCUT2D eigenvalue weighted by Crippen LogP contribution is -2.43. The van der Waals surface area contributed by atoms with Crippen LogP contribution >= 0.6 is 0 Å². The molecular weight excluding hydrogens is 260 g/mol. The van der Waals surface area contributed by atoms with Crippen molar-refractivity contribution in [2.24, 2.45) is 5.73 Å². The maximum Gasteiger partial charge on any atom is 0.234 e. The summed E-state index contributed by atoms with van der Waals surface area (Å²) in [5.74, 6) is -0.293. The van der Waals surface area contributed by atoms with Crippen molar-refractivity contribution in [3.63, 3.8) is 0 Å². The molecule has 3 N–H and O–H groups in total. The van der Waals surface area contributed by atoms with Crippen LogP contribution in [-0.2, 0) is 17.6 Å². The standard InChI is InChI=1S/C18H22N2O/c19-18(21)17(14-16-10-5-2-6-11-16)20-13-7-12-15-8-3-1-4-9-15/h1-6,8-11,17,20H,7,12-14H2,(H2,19,21). The molecule has 0 spiro atoms. The van der Waals surface area contributed by atoms with E-state index in [1.807, 2.05) is 48.5 Å². The molecule has 0 saturated carbocycles. The topological polar surface area (TPSA) is 55.1 Å². The van der Waals surface area contributed by atoms with E-state index in [2.05, 4.69) is 17.4 Å². The molecule has 0 radical (unpaired) electrons. The average Bonchev–Trinajstić information content (AvgIpc) is 2.52. The molecule has 21 heavy (non-hydrogen) atoms. The van der Waals surface area contributed by atoms with Crippen LogP contribution in [0.15, 0.2) is 60.7 Å². The van der Waals surface area contributed by atoms with Gasteiger partial charge in [0, 0.05) is 0 Å². The molecule has 2 aromatic rings. The Morgan fingerprint density at radius 3 is 2.10 bits per heavy atom. The quantitative estimate of drug-likeness (QED) is 0.730. The van der Waals surface area contributed by atoms with Gasteiger partial charge in [0.15, 0.2) is 0 Å². The molecule has 0 saturated heterocycles. The lowest BCUT2D eigenvalue weighted by molar-refractivity contribution is -0.120. The number of hydrogen-bond acceptors (Lipinski definition) is 2. The third kappa shape index (κ3) is 5.40. The zero-order valence-electron chi connectivity index (χ0n) is 12.2. The van der Waals surface area contributed by atoms with Crippen molar-refractivity contribution >= 4 is 5.91 Å². The third-order valence-electron chi connectivity index (χ3n) is 3.50. The molecule has 0 aliphatic carbocycles. The number of primary amides is 1. The zero-order valence-corrected chi connectivity index (χ0v) is 12.2. The van der Waals surface area contributed by atoms with Crippen molar-refractivity contribution in [3.8, 4) is 0 Å². The smallest absolute Gasteiger partial charge is 0.234 e. The molecule has 1 atom stereocenters. The second-order valence-corrected chi connectivity index (χ2v) is 5.19. The first-order valence-corrected chi connectivity index (χ1v) is 7.36. The van der Waals surface area contributed by atoms with E-state index in [9.17, 15) is 4.79 Å². The van der Waals surface area contributed by atoms with Gasteiger partial charge in [0.05, 0.1) is 6.04 Å². The normalized spacial score (nSPS) is 12.0. The van der Waals surface area contributed by atoms with Crippen LogP contribution in [0.5, 0.6) is 0 Å². The second-order valence-electron chi connectivity index (χ2n) is 5.19. The Bertz CT molecular complexity index is 540. The summed E-state index contributed by atoms with van der Waals surface area (Å²) in [5, 5.41) is 3.26. The van der Waals surface area contributed by atoms with Gasteiger partial charge in [-0.25, -0.2) is 0 Å². The maximum absolute atomic E-state index is 11.5. The molecule has 110 valence electrons. The number of benzene rings is 2. The highest BCUT2D eigenvalue weighted by Crippen LogP contribution is 2.04. The Hall–Kier alpha value is -2.13. The molecule has 0 heterocycles. The molecule has 3 heteroatoms. The van der Waals surface area contributed by atoms with Crippen LogP contribution in [0.1, 0.15) is 17.5 Å². The lowest BCUT2D eigenvalue weighted by Gasteiger charge is -2.15. The predicted octanol–water partition coefficient (Wildman–Crippen LogP) is 2.31. The summed E-state index contributed by atoms with van der Waals surface area (Å²) in [6.07, 6.45) is 2.63. The molecule has 1 unspecified atom stereocenters. The molecular formula is C18H22N2O. The molecule has 3 nitrogen and oxygen atoms in total. The Morgan fingerprint density at radius 1 is 0.952 bits per heavy atom. The van der Waals surface area contributed by atoms with Gasteiger partial charge in [-0.3, -0.25) is 4.79 Å². The van der Waals surface area contributed by atoms with E-state index in [4.69, 9.17) is 5.73 Å².